The van der Waals surface area contributed by atoms with Gasteiger partial charge in [0.05, 0.1) is 17.2 Å². The van der Waals surface area contributed by atoms with Crippen molar-refractivity contribution in [3.05, 3.63) is 70.6 Å². The third-order valence-corrected chi connectivity index (χ3v) is 7.01. The van der Waals surface area contributed by atoms with Crippen LogP contribution in [0.4, 0.5) is 10.5 Å². The second kappa shape index (κ2) is 7.62. The molecule has 2 aromatic carbocycles. The molecule has 1 aromatic heterocycles. The largest absolute Gasteiger partial charge is 0.488 e. The van der Waals surface area contributed by atoms with Gasteiger partial charge in [0, 0.05) is 21.7 Å². The molecular weight excluding hydrogens is 420 g/mol. The minimum atomic E-state index is -0.218. The van der Waals surface area contributed by atoms with E-state index in [2.05, 4.69) is 5.32 Å². The summed E-state index contributed by atoms with van der Waals surface area (Å²) in [6.07, 6.45) is 0. The quantitative estimate of drug-likeness (QED) is 0.638. The molecule has 0 radical (unpaired) electrons. The highest BCUT2D eigenvalue weighted by Gasteiger charge is 2.29. The summed E-state index contributed by atoms with van der Waals surface area (Å²) in [7, 11) is 0. The van der Waals surface area contributed by atoms with E-state index in [9.17, 15) is 14.4 Å². The first-order valence-corrected chi connectivity index (χ1v) is 11.1. The Labute approximate surface area is 180 Å². The Kier molecular flexibility index (Phi) is 4.80. The number of carbonyl (C=O) groups excluding carboxylic acids is 3. The average molecular weight is 437 g/mol. The van der Waals surface area contributed by atoms with Crippen molar-refractivity contribution in [1.29, 1.82) is 0 Å². The molecule has 2 aliphatic rings. The van der Waals surface area contributed by atoms with Gasteiger partial charge in [-0.3, -0.25) is 19.3 Å². The highest BCUT2D eigenvalue weighted by atomic mass is 32.2. The van der Waals surface area contributed by atoms with Crippen LogP contribution in [0.2, 0.25) is 0 Å². The zero-order valence-corrected chi connectivity index (χ0v) is 17.3. The van der Waals surface area contributed by atoms with Crippen LogP contribution < -0.4 is 10.1 Å². The van der Waals surface area contributed by atoms with Gasteiger partial charge in [-0.25, -0.2) is 0 Å². The van der Waals surface area contributed by atoms with E-state index in [0.717, 1.165) is 39.1 Å². The highest BCUT2D eigenvalue weighted by molar-refractivity contribution is 8.14. The lowest BCUT2D eigenvalue weighted by molar-refractivity contribution is -0.125. The topological polar surface area (TPSA) is 75.7 Å². The summed E-state index contributed by atoms with van der Waals surface area (Å²) in [6.45, 7) is 0.701. The van der Waals surface area contributed by atoms with Crippen LogP contribution in [-0.4, -0.2) is 27.7 Å². The van der Waals surface area contributed by atoms with Crippen molar-refractivity contribution >= 4 is 45.8 Å². The van der Waals surface area contributed by atoms with Crippen molar-refractivity contribution in [3.8, 4) is 16.2 Å². The fourth-order valence-corrected chi connectivity index (χ4v) is 5.23. The molecule has 0 spiro atoms. The van der Waals surface area contributed by atoms with Gasteiger partial charge in [-0.15, -0.1) is 11.3 Å². The Hall–Kier alpha value is -3.10. The van der Waals surface area contributed by atoms with Crippen LogP contribution >= 0.6 is 23.1 Å². The van der Waals surface area contributed by atoms with Gasteiger partial charge in [-0.05, 0) is 35.9 Å². The first-order valence-electron chi connectivity index (χ1n) is 9.31. The maximum Gasteiger partial charge on any atom is 0.289 e. The van der Waals surface area contributed by atoms with Crippen LogP contribution in [0.3, 0.4) is 0 Å². The molecule has 5 rings (SSSR count). The summed E-state index contributed by atoms with van der Waals surface area (Å²) < 4.78 is 5.77. The van der Waals surface area contributed by atoms with Crippen molar-refractivity contribution in [2.75, 3.05) is 11.1 Å². The number of hydrogen-bond acceptors (Lipinski definition) is 6. The molecule has 0 unspecified atom stereocenters. The molecule has 2 aliphatic heterocycles. The fraction of sp³-hybridized carbons (Fsp3) is 0.136. The molecule has 30 heavy (non-hydrogen) atoms. The predicted octanol–water partition coefficient (Wildman–Crippen LogP) is 4.76. The van der Waals surface area contributed by atoms with Gasteiger partial charge in [0.25, 0.3) is 11.1 Å². The standard InChI is InChI=1S/C22H16N2O4S2/c25-19-12-29-22(27)24(19)10-13-5-7-15(8-6-13)23-21(26)18-9-14-11-28-17-4-2-1-3-16(17)20(14)30-18/h1-9H,10-12H2,(H,23,26). The molecule has 0 saturated carbocycles. The fourth-order valence-electron chi connectivity index (χ4n) is 3.41. The molecule has 6 nitrogen and oxygen atoms in total. The molecule has 3 amide bonds. The molecular formula is C22H16N2O4S2. The second-order valence-corrected chi connectivity index (χ2v) is 8.91. The second-order valence-electron chi connectivity index (χ2n) is 6.94. The predicted molar refractivity (Wildman–Crippen MR) is 117 cm³/mol. The molecule has 1 saturated heterocycles. The van der Waals surface area contributed by atoms with Gasteiger partial charge >= 0.3 is 0 Å². The number of rotatable bonds is 4. The van der Waals surface area contributed by atoms with E-state index in [-0.39, 0.29) is 29.4 Å². The number of ether oxygens (including phenoxy) is 1. The summed E-state index contributed by atoms with van der Waals surface area (Å²) in [5.41, 5.74) is 3.51. The van der Waals surface area contributed by atoms with Gasteiger partial charge in [0.15, 0.2) is 0 Å². The molecule has 1 N–H and O–H groups in total. The Morgan fingerprint density at radius 3 is 2.67 bits per heavy atom. The number of carbonyl (C=O) groups is 3. The van der Waals surface area contributed by atoms with Crippen LogP contribution in [-0.2, 0) is 17.9 Å². The van der Waals surface area contributed by atoms with E-state index in [1.165, 1.54) is 16.2 Å². The smallest absolute Gasteiger partial charge is 0.289 e. The Morgan fingerprint density at radius 2 is 1.90 bits per heavy atom. The summed E-state index contributed by atoms with van der Waals surface area (Å²) in [5, 5.41) is 2.69. The first-order chi connectivity index (χ1) is 14.6. The van der Waals surface area contributed by atoms with Crippen LogP contribution in [0.25, 0.3) is 10.4 Å². The summed E-state index contributed by atoms with van der Waals surface area (Å²) in [4.78, 5) is 39.1. The molecule has 8 heteroatoms. The molecule has 3 heterocycles. The lowest BCUT2D eigenvalue weighted by Gasteiger charge is -2.16. The monoisotopic (exact) mass is 436 g/mol. The molecule has 0 bridgehead atoms. The van der Waals surface area contributed by atoms with Crippen molar-refractivity contribution in [3.63, 3.8) is 0 Å². The van der Waals surface area contributed by atoms with Crippen molar-refractivity contribution in [2.24, 2.45) is 0 Å². The molecule has 150 valence electrons. The number of imide groups is 1. The van der Waals surface area contributed by atoms with Crippen molar-refractivity contribution < 1.29 is 19.1 Å². The van der Waals surface area contributed by atoms with Gasteiger partial charge in [0.2, 0.25) is 5.91 Å². The van der Waals surface area contributed by atoms with E-state index in [1.807, 2.05) is 42.5 Å². The SMILES string of the molecule is O=C(Nc1ccc(CN2C(=O)CSC2=O)cc1)c1cc2c(s1)-c1ccccc1OC2. The van der Waals surface area contributed by atoms with E-state index < -0.39 is 0 Å². The van der Waals surface area contributed by atoms with Gasteiger partial charge in [-0.1, -0.05) is 36.0 Å². The summed E-state index contributed by atoms with van der Waals surface area (Å²) in [5.74, 6) is 0.686. The number of fused-ring (bicyclic) bond motifs is 3. The maximum atomic E-state index is 12.8. The lowest BCUT2D eigenvalue weighted by atomic mass is 10.1. The number of thiophene rings is 1. The number of anilines is 1. The average Bonchev–Trinajstić information content (AvgIpc) is 3.34. The number of nitrogens with zero attached hydrogens (tertiary/aromatic N) is 1. The van der Waals surface area contributed by atoms with E-state index in [0.29, 0.717) is 17.2 Å². The Balaban J connectivity index is 1.29. The minimum absolute atomic E-state index is 0.172. The third-order valence-electron chi connectivity index (χ3n) is 4.94. The Bertz CT molecular complexity index is 1150. The molecule has 3 aromatic rings. The highest BCUT2D eigenvalue weighted by Crippen LogP contribution is 2.42. The summed E-state index contributed by atoms with van der Waals surface area (Å²) >= 11 is 2.48. The van der Waals surface area contributed by atoms with Gasteiger partial charge in [-0.2, -0.15) is 0 Å². The molecule has 0 atom stereocenters. The van der Waals surface area contributed by atoms with E-state index >= 15 is 0 Å². The van der Waals surface area contributed by atoms with Gasteiger partial charge < -0.3 is 10.1 Å². The number of nitrogens with one attached hydrogen (secondary N) is 1. The normalized spacial score (nSPS) is 14.9. The summed E-state index contributed by atoms with van der Waals surface area (Å²) in [6, 6.07) is 16.9. The van der Waals surface area contributed by atoms with Crippen molar-refractivity contribution in [1.82, 2.24) is 4.90 Å². The maximum absolute atomic E-state index is 12.8. The van der Waals surface area contributed by atoms with Crippen LogP contribution in [0, 0.1) is 0 Å². The van der Waals surface area contributed by atoms with E-state index in [1.54, 1.807) is 12.1 Å². The van der Waals surface area contributed by atoms with E-state index in [4.69, 9.17) is 4.74 Å². The number of hydrogen-bond donors (Lipinski definition) is 1. The zero-order valence-electron chi connectivity index (χ0n) is 15.7. The number of thioether (sulfide) groups is 1. The molecule has 1 fully saturated rings. The lowest BCUT2D eigenvalue weighted by Crippen LogP contribution is -2.27. The van der Waals surface area contributed by atoms with Crippen molar-refractivity contribution in [2.45, 2.75) is 13.2 Å². The van der Waals surface area contributed by atoms with Gasteiger partial charge in [0.1, 0.15) is 12.4 Å². The number of amides is 3. The number of para-hydroxylation sites is 1. The van der Waals surface area contributed by atoms with Crippen LogP contribution in [0.5, 0.6) is 5.75 Å². The first kappa shape index (κ1) is 18.9. The molecule has 0 aliphatic carbocycles. The van der Waals surface area contributed by atoms with Crippen LogP contribution in [0.15, 0.2) is 54.6 Å². The third kappa shape index (κ3) is 3.48. The zero-order chi connectivity index (χ0) is 20.7. The Morgan fingerprint density at radius 1 is 1.10 bits per heavy atom. The minimum Gasteiger partial charge on any atom is -0.488 e. The number of benzene rings is 2. The van der Waals surface area contributed by atoms with Crippen LogP contribution in [0.1, 0.15) is 20.8 Å².